The number of hydrogen-bond acceptors (Lipinski definition) is 4. The lowest BCUT2D eigenvalue weighted by Crippen LogP contribution is -2.26. The third-order valence-corrected chi connectivity index (χ3v) is 4.06. The Balaban J connectivity index is 2.12. The number of aromatic hydroxyl groups is 1. The van der Waals surface area contributed by atoms with E-state index in [2.05, 4.69) is 15.3 Å². The summed E-state index contributed by atoms with van der Waals surface area (Å²) in [6.07, 6.45) is 0. The van der Waals surface area contributed by atoms with Crippen molar-refractivity contribution in [1.82, 2.24) is 0 Å². The number of nitrogens with one attached hydrogen (secondary N) is 1. The number of aliphatic imine (C=N–C) groups is 2. The van der Waals surface area contributed by atoms with Crippen LogP contribution in [0.15, 0.2) is 64.6 Å². The molecular weight excluding hydrogens is 372 g/mol. The van der Waals surface area contributed by atoms with Gasteiger partial charge in [-0.05, 0) is 23.6 Å². The third-order valence-electron chi connectivity index (χ3n) is 4.06. The van der Waals surface area contributed by atoms with Gasteiger partial charge in [0.1, 0.15) is 11.4 Å². The fourth-order valence-corrected chi connectivity index (χ4v) is 2.81. The van der Waals surface area contributed by atoms with Crippen LogP contribution in [0.2, 0.25) is 0 Å². The molecule has 3 aromatic rings. The molecule has 3 aromatic carbocycles. The number of guanidine groups is 2. The summed E-state index contributed by atoms with van der Waals surface area (Å²) in [6, 6.07) is 15.6. The number of ether oxygens (including phenoxy) is 1. The smallest absolute Gasteiger partial charge is 0.259 e. The highest BCUT2D eigenvalue weighted by atomic mass is 16.5. The molecule has 0 saturated heterocycles. The number of phenols is 1. The minimum Gasteiger partial charge on any atom is -0.505 e. The molecule has 0 spiro atoms. The lowest BCUT2D eigenvalue weighted by molar-refractivity contribution is 0.102. The first-order valence-electron chi connectivity index (χ1n) is 8.53. The molecule has 0 unspecified atom stereocenters. The van der Waals surface area contributed by atoms with Crippen LogP contribution in [0.25, 0.3) is 10.8 Å². The number of para-hydroxylation sites is 2. The van der Waals surface area contributed by atoms with Crippen LogP contribution in [0.4, 0.5) is 11.4 Å². The van der Waals surface area contributed by atoms with E-state index in [0.717, 1.165) is 0 Å². The number of carbonyl (C=O) groups excluding carboxylic acids is 1. The normalized spacial score (nSPS) is 11.1. The van der Waals surface area contributed by atoms with Crippen molar-refractivity contribution in [3.05, 3.63) is 60.2 Å². The largest absolute Gasteiger partial charge is 0.505 e. The van der Waals surface area contributed by atoms with Gasteiger partial charge >= 0.3 is 0 Å². The van der Waals surface area contributed by atoms with E-state index in [9.17, 15) is 9.90 Å². The van der Waals surface area contributed by atoms with E-state index in [4.69, 9.17) is 21.9 Å². The van der Waals surface area contributed by atoms with E-state index in [-0.39, 0.29) is 28.9 Å². The molecule has 0 aliphatic heterocycles. The monoisotopic (exact) mass is 392 g/mol. The maximum Gasteiger partial charge on any atom is 0.259 e. The number of amides is 1. The van der Waals surface area contributed by atoms with E-state index in [0.29, 0.717) is 22.2 Å². The molecular formula is C20H20N6O3. The van der Waals surface area contributed by atoms with Crippen LogP contribution in [-0.4, -0.2) is 30.0 Å². The second-order valence-electron chi connectivity index (χ2n) is 6.00. The quantitative estimate of drug-likeness (QED) is 0.337. The zero-order valence-corrected chi connectivity index (χ0v) is 15.6. The third kappa shape index (κ3) is 4.19. The summed E-state index contributed by atoms with van der Waals surface area (Å²) >= 11 is 0. The van der Waals surface area contributed by atoms with Crippen molar-refractivity contribution >= 4 is 40.0 Å². The summed E-state index contributed by atoms with van der Waals surface area (Å²) in [7, 11) is 1.50. The maximum atomic E-state index is 12.9. The Morgan fingerprint density at radius 2 is 1.76 bits per heavy atom. The lowest BCUT2D eigenvalue weighted by atomic mass is 10.0. The number of anilines is 1. The van der Waals surface area contributed by atoms with Crippen molar-refractivity contribution in [2.45, 2.75) is 0 Å². The van der Waals surface area contributed by atoms with E-state index in [1.165, 1.54) is 7.11 Å². The topological polar surface area (TPSA) is 161 Å². The summed E-state index contributed by atoms with van der Waals surface area (Å²) in [5, 5.41) is 14.8. The Kier molecular flexibility index (Phi) is 5.49. The highest BCUT2D eigenvalue weighted by Gasteiger charge is 2.19. The summed E-state index contributed by atoms with van der Waals surface area (Å²) in [4.78, 5) is 20.6. The first-order valence-corrected chi connectivity index (χ1v) is 8.53. The summed E-state index contributed by atoms with van der Waals surface area (Å²) in [5.41, 5.74) is 16.9. The first-order chi connectivity index (χ1) is 13.9. The van der Waals surface area contributed by atoms with E-state index in [1.54, 1.807) is 54.6 Å². The van der Waals surface area contributed by atoms with Crippen LogP contribution >= 0.6 is 0 Å². The minimum absolute atomic E-state index is 0.00542. The van der Waals surface area contributed by atoms with E-state index >= 15 is 0 Å². The number of benzene rings is 3. The van der Waals surface area contributed by atoms with Crippen LogP contribution in [0.3, 0.4) is 0 Å². The van der Waals surface area contributed by atoms with Gasteiger partial charge in [0.15, 0.2) is 11.7 Å². The van der Waals surface area contributed by atoms with Crippen LogP contribution in [0.1, 0.15) is 10.4 Å². The van der Waals surface area contributed by atoms with Gasteiger partial charge in [0, 0.05) is 5.39 Å². The fourth-order valence-electron chi connectivity index (χ4n) is 2.81. The lowest BCUT2D eigenvalue weighted by Gasteiger charge is -2.13. The number of rotatable bonds is 4. The molecule has 0 heterocycles. The van der Waals surface area contributed by atoms with E-state index in [1.807, 2.05) is 0 Å². The summed E-state index contributed by atoms with van der Waals surface area (Å²) < 4.78 is 5.24. The number of carbonyl (C=O) groups is 1. The molecule has 8 N–H and O–H groups in total. The SMILES string of the molecule is COc1ccccc1NC(=O)c1cc2ccccc2c(N=C(N)N=C(N)N)c1O. The molecule has 0 radical (unpaired) electrons. The van der Waals surface area contributed by atoms with Crippen molar-refractivity contribution in [2.75, 3.05) is 12.4 Å². The second-order valence-corrected chi connectivity index (χ2v) is 6.00. The molecule has 0 aliphatic carbocycles. The first kappa shape index (κ1) is 19.5. The fraction of sp³-hybridized carbons (Fsp3) is 0.0500. The summed E-state index contributed by atoms with van der Waals surface area (Å²) in [5.74, 6) is -0.955. The molecule has 9 heteroatoms. The molecule has 0 fully saturated rings. The number of nitrogens with zero attached hydrogens (tertiary/aromatic N) is 2. The van der Waals surface area contributed by atoms with Crippen LogP contribution in [-0.2, 0) is 0 Å². The average molecular weight is 392 g/mol. The summed E-state index contributed by atoms with van der Waals surface area (Å²) in [6.45, 7) is 0. The predicted octanol–water partition coefficient (Wildman–Crippen LogP) is 2.03. The number of methoxy groups -OCH3 is 1. The molecule has 1 amide bonds. The molecule has 3 rings (SSSR count). The van der Waals surface area contributed by atoms with Crippen molar-refractivity contribution in [1.29, 1.82) is 0 Å². The van der Waals surface area contributed by atoms with E-state index < -0.39 is 5.91 Å². The molecule has 0 aromatic heterocycles. The minimum atomic E-state index is -0.547. The van der Waals surface area contributed by atoms with Gasteiger partial charge in [-0.1, -0.05) is 36.4 Å². The van der Waals surface area contributed by atoms with Crippen molar-refractivity contribution in [2.24, 2.45) is 27.2 Å². The number of phenolic OH excluding ortho intramolecular Hbond substituents is 1. The zero-order chi connectivity index (χ0) is 21.0. The van der Waals surface area contributed by atoms with Crippen molar-refractivity contribution < 1.29 is 14.6 Å². The van der Waals surface area contributed by atoms with Crippen LogP contribution in [0, 0.1) is 0 Å². The molecule has 0 atom stereocenters. The Morgan fingerprint density at radius 1 is 1.07 bits per heavy atom. The second kappa shape index (κ2) is 8.17. The highest BCUT2D eigenvalue weighted by Crippen LogP contribution is 2.39. The van der Waals surface area contributed by atoms with Gasteiger partial charge < -0.3 is 32.4 Å². The average Bonchev–Trinajstić information content (AvgIpc) is 2.69. The Hall–Kier alpha value is -4.27. The van der Waals surface area contributed by atoms with Crippen molar-refractivity contribution in [3.63, 3.8) is 0 Å². The molecule has 0 saturated carbocycles. The zero-order valence-electron chi connectivity index (χ0n) is 15.6. The molecule has 29 heavy (non-hydrogen) atoms. The van der Waals surface area contributed by atoms with Gasteiger partial charge in [0.2, 0.25) is 5.96 Å². The van der Waals surface area contributed by atoms with Gasteiger partial charge in [0.05, 0.1) is 18.4 Å². The number of nitrogens with two attached hydrogens (primary N) is 3. The molecule has 0 bridgehead atoms. The van der Waals surface area contributed by atoms with Crippen LogP contribution in [0.5, 0.6) is 11.5 Å². The number of fused-ring (bicyclic) bond motifs is 1. The predicted molar refractivity (Wildman–Crippen MR) is 114 cm³/mol. The maximum absolute atomic E-state index is 12.9. The van der Waals surface area contributed by atoms with Gasteiger partial charge in [-0.25, -0.2) is 4.99 Å². The number of hydrogen-bond donors (Lipinski definition) is 5. The molecule has 9 nitrogen and oxygen atoms in total. The Bertz CT molecular complexity index is 1140. The van der Waals surface area contributed by atoms with Crippen LogP contribution < -0.4 is 27.3 Å². The van der Waals surface area contributed by atoms with Gasteiger partial charge in [-0.15, -0.1) is 0 Å². The Morgan fingerprint density at radius 3 is 2.48 bits per heavy atom. The van der Waals surface area contributed by atoms with Crippen molar-refractivity contribution in [3.8, 4) is 11.5 Å². The standard InChI is InChI=1S/C20H20N6O3/c1-29-15-9-5-4-8-14(15)24-18(28)13-10-11-6-2-3-7-12(11)16(17(13)27)25-20(23)26-19(21)22/h2-10,27H,1H3,(H,24,28)(H6,21,22,23,25,26). The Labute approximate surface area is 166 Å². The van der Waals surface area contributed by atoms with Gasteiger partial charge in [-0.2, -0.15) is 4.99 Å². The molecule has 148 valence electrons. The molecule has 0 aliphatic rings. The van der Waals surface area contributed by atoms with Gasteiger partial charge in [-0.3, -0.25) is 4.79 Å². The highest BCUT2D eigenvalue weighted by molar-refractivity contribution is 6.12. The van der Waals surface area contributed by atoms with Gasteiger partial charge in [0.25, 0.3) is 5.91 Å².